The number of carbonyl (C=O) groups excluding carboxylic acids is 1. The van der Waals surface area contributed by atoms with Crippen molar-refractivity contribution in [3.8, 4) is 0 Å². The van der Waals surface area contributed by atoms with Gasteiger partial charge in [0.2, 0.25) is 0 Å². The van der Waals surface area contributed by atoms with Crippen LogP contribution in [0.5, 0.6) is 0 Å². The number of thiocarbonyl (C=S) groups is 1. The molecular weight excluding hydrogens is 254 g/mol. The number of hydrogen-bond donors (Lipinski definition) is 3. The Hall–Kier alpha value is -0.930. The van der Waals surface area contributed by atoms with Gasteiger partial charge < -0.3 is 10.5 Å². The highest BCUT2D eigenvalue weighted by atomic mass is 32.2. The fraction of sp³-hybridized carbons (Fsp3) is 0.714. The molecule has 0 radical (unpaired) electrons. The van der Waals surface area contributed by atoms with Crippen molar-refractivity contribution in [1.29, 1.82) is 0 Å². The van der Waals surface area contributed by atoms with Crippen LogP contribution < -0.4 is 15.2 Å². The lowest BCUT2D eigenvalue weighted by molar-refractivity contribution is 0.121. The van der Waals surface area contributed by atoms with Gasteiger partial charge in [0, 0.05) is 13.0 Å². The van der Waals surface area contributed by atoms with Crippen LogP contribution in [0.2, 0.25) is 0 Å². The Morgan fingerprint density at radius 2 is 2.06 bits per heavy atom. The summed E-state index contributed by atoms with van der Waals surface area (Å²) in [5, 5.41) is 0. The molecule has 1 amide bonds. The molecule has 0 rings (SSSR count). The van der Waals surface area contributed by atoms with Gasteiger partial charge in [-0.2, -0.15) is 13.1 Å². The summed E-state index contributed by atoms with van der Waals surface area (Å²) in [6.45, 7) is 3.23. The molecule has 4 N–H and O–H groups in total. The first-order valence-corrected chi connectivity index (χ1v) is 6.38. The third-order valence-electron chi connectivity index (χ3n) is 1.22. The maximum absolute atomic E-state index is 11.2. The molecule has 16 heavy (non-hydrogen) atoms. The molecule has 0 aliphatic carbocycles. The lowest BCUT2D eigenvalue weighted by Gasteiger charge is -2.10. The zero-order valence-electron chi connectivity index (χ0n) is 9.02. The van der Waals surface area contributed by atoms with Crippen LogP contribution in [0.15, 0.2) is 0 Å². The van der Waals surface area contributed by atoms with Crippen molar-refractivity contribution in [3.63, 3.8) is 0 Å². The van der Waals surface area contributed by atoms with Crippen LogP contribution in [0.3, 0.4) is 0 Å². The van der Waals surface area contributed by atoms with Gasteiger partial charge in [0.1, 0.15) is 0 Å². The molecule has 0 aromatic rings. The zero-order chi connectivity index (χ0) is 12.8. The van der Waals surface area contributed by atoms with E-state index in [4.69, 9.17) is 5.73 Å². The van der Waals surface area contributed by atoms with E-state index < -0.39 is 22.4 Å². The Labute approximate surface area is 99.9 Å². The molecule has 0 unspecified atom stereocenters. The first kappa shape index (κ1) is 15.1. The van der Waals surface area contributed by atoms with Crippen molar-refractivity contribution in [2.45, 2.75) is 26.4 Å². The second-order valence-corrected chi connectivity index (χ2v) is 5.19. The van der Waals surface area contributed by atoms with Crippen molar-refractivity contribution < 1.29 is 17.9 Å². The lowest BCUT2D eigenvalue weighted by Crippen LogP contribution is -2.42. The van der Waals surface area contributed by atoms with Crippen LogP contribution in [-0.4, -0.2) is 32.1 Å². The standard InChI is InChI=1S/C7H15N3O4S2/c1-5(2)14-7(11)10-16(12,13)9-4-3-6(8)15/h5,9H,3-4H2,1-2H3,(H2,8,15)(H,10,11). The molecule has 94 valence electrons. The minimum atomic E-state index is -3.91. The van der Waals surface area contributed by atoms with Crippen LogP contribution in [0, 0.1) is 0 Å². The average molecular weight is 269 g/mol. The minimum Gasteiger partial charge on any atom is -0.446 e. The Morgan fingerprint density at radius 3 is 2.50 bits per heavy atom. The molecule has 0 aliphatic heterocycles. The summed E-state index contributed by atoms with van der Waals surface area (Å²) >= 11 is 4.56. The Balaban J connectivity index is 4.05. The van der Waals surface area contributed by atoms with Gasteiger partial charge in [-0.3, -0.25) is 0 Å². The summed E-state index contributed by atoms with van der Waals surface area (Å²) in [5.74, 6) is 0. The van der Waals surface area contributed by atoms with E-state index in [9.17, 15) is 13.2 Å². The quantitative estimate of drug-likeness (QED) is 0.567. The molecule has 0 atom stereocenters. The normalized spacial score (nSPS) is 11.2. The van der Waals surface area contributed by atoms with Crippen LogP contribution in [0.1, 0.15) is 20.3 Å². The van der Waals surface area contributed by atoms with E-state index in [0.29, 0.717) is 0 Å². The van der Waals surface area contributed by atoms with Gasteiger partial charge in [-0.1, -0.05) is 12.2 Å². The SMILES string of the molecule is CC(C)OC(=O)NS(=O)(=O)NCCC(N)=S. The highest BCUT2D eigenvalue weighted by Gasteiger charge is 2.15. The molecule has 0 heterocycles. The number of hydrogen-bond acceptors (Lipinski definition) is 5. The molecule has 0 saturated heterocycles. The predicted octanol–water partition coefficient (Wildman–Crippen LogP) is -0.368. The highest BCUT2D eigenvalue weighted by Crippen LogP contribution is 1.90. The minimum absolute atomic E-state index is 0.0274. The van der Waals surface area contributed by atoms with Gasteiger partial charge in [0.25, 0.3) is 0 Å². The van der Waals surface area contributed by atoms with Crippen LogP contribution >= 0.6 is 12.2 Å². The molecule has 0 aromatic carbocycles. The summed E-state index contributed by atoms with van der Waals surface area (Å²) in [4.78, 5) is 11.2. The molecule has 0 bridgehead atoms. The first-order chi connectivity index (χ1) is 7.23. The summed E-state index contributed by atoms with van der Waals surface area (Å²) in [6, 6.07) is 0. The second kappa shape index (κ2) is 6.61. The van der Waals surface area contributed by atoms with Crippen molar-refractivity contribution >= 4 is 33.5 Å². The van der Waals surface area contributed by atoms with Crippen molar-refractivity contribution in [2.24, 2.45) is 5.73 Å². The lowest BCUT2D eigenvalue weighted by atomic mass is 10.4. The van der Waals surface area contributed by atoms with Crippen molar-refractivity contribution in [2.75, 3.05) is 6.54 Å². The molecule has 0 fully saturated rings. The van der Waals surface area contributed by atoms with Gasteiger partial charge in [-0.25, -0.2) is 9.52 Å². The molecular formula is C7H15N3O4S2. The Morgan fingerprint density at radius 1 is 1.50 bits per heavy atom. The summed E-state index contributed by atoms with van der Waals surface area (Å²) in [5.41, 5.74) is 5.17. The van der Waals surface area contributed by atoms with E-state index in [1.54, 1.807) is 18.6 Å². The number of ether oxygens (including phenoxy) is 1. The molecule has 0 saturated carbocycles. The largest absolute Gasteiger partial charge is 0.446 e. The van der Waals surface area contributed by atoms with Crippen molar-refractivity contribution in [1.82, 2.24) is 9.44 Å². The maximum atomic E-state index is 11.2. The summed E-state index contributed by atoms with van der Waals surface area (Å²) < 4.78 is 30.8. The van der Waals surface area contributed by atoms with Gasteiger partial charge in [0.15, 0.2) is 0 Å². The maximum Gasteiger partial charge on any atom is 0.422 e. The zero-order valence-corrected chi connectivity index (χ0v) is 10.7. The van der Waals surface area contributed by atoms with Gasteiger partial charge in [-0.05, 0) is 13.8 Å². The van der Waals surface area contributed by atoms with Crippen LogP contribution in [-0.2, 0) is 14.9 Å². The first-order valence-electron chi connectivity index (χ1n) is 4.49. The highest BCUT2D eigenvalue weighted by molar-refractivity contribution is 7.88. The summed E-state index contributed by atoms with van der Waals surface area (Å²) in [6.07, 6.45) is -1.21. The van der Waals surface area contributed by atoms with E-state index in [1.807, 2.05) is 0 Å². The van der Waals surface area contributed by atoms with Crippen LogP contribution in [0.4, 0.5) is 4.79 Å². The number of nitrogens with one attached hydrogen (secondary N) is 2. The number of carbonyl (C=O) groups is 1. The fourth-order valence-corrected chi connectivity index (χ4v) is 1.51. The van der Waals surface area contributed by atoms with Crippen LogP contribution in [0.25, 0.3) is 0 Å². The van der Waals surface area contributed by atoms with Gasteiger partial charge in [0.05, 0.1) is 11.1 Å². The third kappa shape index (κ3) is 8.38. The number of amides is 1. The second-order valence-electron chi connectivity index (χ2n) is 3.17. The monoisotopic (exact) mass is 269 g/mol. The number of rotatable bonds is 6. The van der Waals surface area contributed by atoms with E-state index in [-0.39, 0.29) is 18.0 Å². The fourth-order valence-electron chi connectivity index (χ4n) is 0.693. The molecule has 7 nitrogen and oxygen atoms in total. The summed E-state index contributed by atoms with van der Waals surface area (Å²) in [7, 11) is -3.91. The molecule has 0 aromatic heterocycles. The molecule has 0 spiro atoms. The molecule has 9 heteroatoms. The molecule has 0 aliphatic rings. The number of nitrogens with two attached hydrogens (primary N) is 1. The van der Waals surface area contributed by atoms with E-state index in [1.165, 1.54) is 0 Å². The van der Waals surface area contributed by atoms with E-state index in [0.717, 1.165) is 0 Å². The average Bonchev–Trinajstić information content (AvgIpc) is 1.98. The van der Waals surface area contributed by atoms with Gasteiger partial charge >= 0.3 is 16.3 Å². The van der Waals surface area contributed by atoms with E-state index in [2.05, 4.69) is 21.7 Å². The smallest absolute Gasteiger partial charge is 0.422 e. The predicted molar refractivity (Wildman–Crippen MR) is 63.1 cm³/mol. The Kier molecular flexibility index (Phi) is 6.22. The topological polar surface area (TPSA) is 111 Å². The third-order valence-corrected chi connectivity index (χ3v) is 2.45. The van der Waals surface area contributed by atoms with Gasteiger partial charge in [-0.15, -0.1) is 0 Å². The van der Waals surface area contributed by atoms with Crippen molar-refractivity contribution in [3.05, 3.63) is 0 Å². The Bertz CT molecular complexity index is 353. The van der Waals surface area contributed by atoms with E-state index >= 15 is 0 Å².